The Morgan fingerprint density at radius 3 is 2.53 bits per heavy atom. The van der Waals surface area contributed by atoms with Crippen molar-refractivity contribution in [2.75, 3.05) is 20.2 Å². The highest BCUT2D eigenvalue weighted by molar-refractivity contribution is 9.10. The van der Waals surface area contributed by atoms with E-state index in [-0.39, 0.29) is 19.1 Å². The lowest BCUT2D eigenvalue weighted by Crippen LogP contribution is -2.38. The molecule has 6 heteroatoms. The van der Waals surface area contributed by atoms with Crippen LogP contribution in [0.3, 0.4) is 0 Å². The van der Waals surface area contributed by atoms with Gasteiger partial charge in [0.1, 0.15) is 0 Å². The largest absolute Gasteiger partial charge is 0.450 e. The van der Waals surface area contributed by atoms with E-state index in [1.165, 1.54) is 0 Å². The molecule has 0 spiro atoms. The molecule has 0 saturated carbocycles. The molecule has 0 aliphatic heterocycles. The van der Waals surface area contributed by atoms with Crippen LogP contribution in [0, 0.1) is 0 Å². The fourth-order valence-corrected chi connectivity index (χ4v) is 1.79. The summed E-state index contributed by atoms with van der Waals surface area (Å²) in [5, 5.41) is 2.16. The number of carbonyl (C=O) groups is 2. The lowest BCUT2D eigenvalue weighted by atomic mass is 10.2. The van der Waals surface area contributed by atoms with Crippen molar-refractivity contribution in [3.05, 3.63) is 34.3 Å². The summed E-state index contributed by atoms with van der Waals surface area (Å²) in [7, 11) is 1.81. The lowest BCUT2D eigenvalue weighted by molar-refractivity contribution is -0.121. The van der Waals surface area contributed by atoms with Crippen LogP contribution in [0.4, 0.5) is 4.79 Å². The highest BCUT2D eigenvalue weighted by Crippen LogP contribution is 2.11. The zero-order valence-electron chi connectivity index (χ0n) is 11.0. The molecule has 1 rings (SSSR count). The van der Waals surface area contributed by atoms with E-state index in [0.29, 0.717) is 6.54 Å². The summed E-state index contributed by atoms with van der Waals surface area (Å²) in [5.74, 6) is -0.377. The predicted molar refractivity (Wildman–Crippen MR) is 75.6 cm³/mol. The molecule has 0 radical (unpaired) electrons. The molecule has 0 fully saturated rings. The van der Waals surface area contributed by atoms with Crippen molar-refractivity contribution in [2.45, 2.75) is 13.5 Å². The Kier molecular flexibility index (Phi) is 6.52. The number of hydrogen-bond acceptors (Lipinski definition) is 4. The van der Waals surface area contributed by atoms with Gasteiger partial charge < -0.3 is 4.74 Å². The molecule has 1 aromatic rings. The number of imide groups is 1. The average molecular weight is 329 g/mol. The normalized spacial score (nSPS) is 10.3. The molecule has 0 atom stereocenters. The Bertz CT molecular complexity index is 434. The Morgan fingerprint density at radius 2 is 1.95 bits per heavy atom. The Morgan fingerprint density at radius 1 is 1.32 bits per heavy atom. The summed E-state index contributed by atoms with van der Waals surface area (Å²) in [6, 6.07) is 7.84. The number of alkyl carbamates (subject to hydrolysis) is 1. The number of nitrogens with zero attached hydrogens (tertiary/aromatic N) is 1. The molecule has 0 bridgehead atoms. The molecule has 1 aromatic carbocycles. The van der Waals surface area contributed by atoms with Gasteiger partial charge in [-0.05, 0) is 31.7 Å². The van der Waals surface area contributed by atoms with Gasteiger partial charge in [0.15, 0.2) is 0 Å². The molecule has 0 unspecified atom stereocenters. The Hall–Kier alpha value is -1.40. The quantitative estimate of drug-likeness (QED) is 0.899. The maximum absolute atomic E-state index is 11.5. The van der Waals surface area contributed by atoms with Gasteiger partial charge >= 0.3 is 6.09 Å². The first kappa shape index (κ1) is 15.7. The Labute approximate surface area is 121 Å². The molecule has 5 nitrogen and oxygen atoms in total. The molecule has 104 valence electrons. The van der Waals surface area contributed by atoms with Crippen molar-refractivity contribution in [1.82, 2.24) is 10.2 Å². The molecule has 2 amide bonds. The summed E-state index contributed by atoms with van der Waals surface area (Å²) in [6.07, 6.45) is -0.704. The van der Waals surface area contributed by atoms with E-state index in [2.05, 4.69) is 26.0 Å². The maximum atomic E-state index is 11.5. The third kappa shape index (κ3) is 6.35. The second-order valence-corrected chi connectivity index (χ2v) is 4.98. The van der Waals surface area contributed by atoms with Crippen LogP contribution in [-0.4, -0.2) is 37.1 Å². The third-order valence-corrected chi connectivity index (χ3v) is 2.82. The third-order valence-electron chi connectivity index (χ3n) is 2.30. The molecule has 0 heterocycles. The summed E-state index contributed by atoms with van der Waals surface area (Å²) in [4.78, 5) is 24.4. The van der Waals surface area contributed by atoms with E-state index in [0.717, 1.165) is 10.0 Å². The molecule has 0 saturated heterocycles. The second-order valence-electron chi connectivity index (χ2n) is 4.07. The fraction of sp³-hybridized carbons (Fsp3) is 0.385. The zero-order chi connectivity index (χ0) is 14.3. The van der Waals surface area contributed by atoms with Gasteiger partial charge in [0.2, 0.25) is 5.91 Å². The highest BCUT2D eigenvalue weighted by atomic mass is 79.9. The number of hydrogen-bond donors (Lipinski definition) is 1. The van der Waals surface area contributed by atoms with E-state index in [9.17, 15) is 9.59 Å². The monoisotopic (exact) mass is 328 g/mol. The highest BCUT2D eigenvalue weighted by Gasteiger charge is 2.11. The van der Waals surface area contributed by atoms with Gasteiger partial charge in [0, 0.05) is 11.0 Å². The Balaban J connectivity index is 2.38. The molecule has 1 N–H and O–H groups in total. The van der Waals surface area contributed by atoms with E-state index in [1.54, 1.807) is 6.92 Å². The number of amides is 2. The maximum Gasteiger partial charge on any atom is 0.413 e. The molecular weight excluding hydrogens is 312 g/mol. The predicted octanol–water partition coefficient (Wildman–Crippen LogP) is 2.15. The van der Waals surface area contributed by atoms with Gasteiger partial charge in [-0.2, -0.15) is 0 Å². The SMILES string of the molecule is CCOC(=O)NC(=O)CN(C)Cc1ccc(Br)cc1. The molecular formula is C13H17BrN2O3. The minimum Gasteiger partial charge on any atom is -0.450 e. The van der Waals surface area contributed by atoms with Crippen LogP contribution in [0.1, 0.15) is 12.5 Å². The van der Waals surface area contributed by atoms with Gasteiger partial charge in [-0.25, -0.2) is 4.79 Å². The van der Waals surface area contributed by atoms with Gasteiger partial charge in [-0.1, -0.05) is 28.1 Å². The van der Waals surface area contributed by atoms with E-state index in [4.69, 9.17) is 0 Å². The van der Waals surface area contributed by atoms with Crippen LogP contribution in [-0.2, 0) is 16.1 Å². The van der Waals surface area contributed by atoms with Gasteiger partial charge in [-0.3, -0.25) is 15.0 Å². The summed E-state index contributed by atoms with van der Waals surface area (Å²) < 4.78 is 5.64. The molecule has 0 aliphatic carbocycles. The summed E-state index contributed by atoms with van der Waals surface area (Å²) in [6.45, 7) is 2.69. The first-order valence-corrected chi connectivity index (χ1v) is 6.70. The van der Waals surface area contributed by atoms with Crippen LogP contribution in [0.25, 0.3) is 0 Å². The zero-order valence-corrected chi connectivity index (χ0v) is 12.6. The molecule has 19 heavy (non-hydrogen) atoms. The van der Waals surface area contributed by atoms with E-state index >= 15 is 0 Å². The number of rotatable bonds is 5. The van der Waals surface area contributed by atoms with E-state index in [1.807, 2.05) is 36.2 Å². The van der Waals surface area contributed by atoms with Crippen LogP contribution in [0.2, 0.25) is 0 Å². The first-order valence-electron chi connectivity index (χ1n) is 5.91. The van der Waals surface area contributed by atoms with Crippen LogP contribution in [0.5, 0.6) is 0 Å². The van der Waals surface area contributed by atoms with Crippen molar-refractivity contribution < 1.29 is 14.3 Å². The van der Waals surface area contributed by atoms with Crippen LogP contribution >= 0.6 is 15.9 Å². The molecule has 0 aromatic heterocycles. The van der Waals surface area contributed by atoms with E-state index < -0.39 is 6.09 Å². The summed E-state index contributed by atoms with van der Waals surface area (Å²) >= 11 is 3.36. The van der Waals surface area contributed by atoms with Crippen LogP contribution in [0.15, 0.2) is 28.7 Å². The minimum atomic E-state index is -0.704. The van der Waals surface area contributed by atoms with Gasteiger partial charge in [0.05, 0.1) is 13.2 Å². The van der Waals surface area contributed by atoms with Crippen molar-refractivity contribution >= 4 is 27.9 Å². The van der Waals surface area contributed by atoms with Crippen molar-refractivity contribution in [3.63, 3.8) is 0 Å². The average Bonchev–Trinajstić information content (AvgIpc) is 2.32. The lowest BCUT2D eigenvalue weighted by Gasteiger charge is -2.15. The van der Waals surface area contributed by atoms with Crippen molar-refractivity contribution in [2.24, 2.45) is 0 Å². The number of ether oxygens (including phenoxy) is 1. The van der Waals surface area contributed by atoms with Crippen molar-refractivity contribution in [3.8, 4) is 0 Å². The van der Waals surface area contributed by atoms with Gasteiger partial charge in [0.25, 0.3) is 0 Å². The molecule has 0 aliphatic rings. The smallest absolute Gasteiger partial charge is 0.413 e. The fourth-order valence-electron chi connectivity index (χ4n) is 1.52. The second kappa shape index (κ2) is 7.91. The number of likely N-dealkylation sites (N-methyl/N-ethyl adjacent to an activating group) is 1. The van der Waals surface area contributed by atoms with Gasteiger partial charge in [-0.15, -0.1) is 0 Å². The number of carbonyl (C=O) groups excluding carboxylic acids is 2. The standard InChI is InChI=1S/C13H17BrN2O3/c1-3-19-13(18)15-12(17)9-16(2)8-10-4-6-11(14)7-5-10/h4-7H,3,8-9H2,1-2H3,(H,15,17,18). The minimum absolute atomic E-state index is 0.134. The first-order chi connectivity index (χ1) is 9.01. The summed E-state index contributed by atoms with van der Waals surface area (Å²) in [5.41, 5.74) is 1.09. The number of halogens is 1. The van der Waals surface area contributed by atoms with Crippen molar-refractivity contribution in [1.29, 1.82) is 0 Å². The number of benzene rings is 1. The van der Waals surface area contributed by atoms with Crippen LogP contribution < -0.4 is 5.32 Å². The number of nitrogens with one attached hydrogen (secondary N) is 1. The topological polar surface area (TPSA) is 58.6 Å².